The summed E-state index contributed by atoms with van der Waals surface area (Å²) in [7, 11) is 0. The van der Waals surface area contributed by atoms with E-state index in [-0.39, 0.29) is 11.4 Å². The van der Waals surface area contributed by atoms with Crippen LogP contribution in [0.15, 0.2) is 0 Å². The van der Waals surface area contributed by atoms with Crippen LogP contribution in [0.5, 0.6) is 0 Å². The molecule has 0 aliphatic carbocycles. The molecule has 1 heterocycles. The summed E-state index contributed by atoms with van der Waals surface area (Å²) in [5.74, 6) is 1.62. The third kappa shape index (κ3) is 3.51. The van der Waals surface area contributed by atoms with E-state index in [1.54, 1.807) is 0 Å². The smallest absolute Gasteiger partial charge is 0.220 e. The quantitative estimate of drug-likeness (QED) is 0.743. The topological polar surface area (TPSA) is 29.1 Å². The summed E-state index contributed by atoms with van der Waals surface area (Å²) >= 11 is 0. The highest BCUT2D eigenvalue weighted by molar-refractivity contribution is 5.79. The minimum absolute atomic E-state index is 0.112. The summed E-state index contributed by atoms with van der Waals surface area (Å²) in [4.78, 5) is 11.4. The summed E-state index contributed by atoms with van der Waals surface area (Å²) in [6.45, 7) is 8.99. The Labute approximate surface area is 93.8 Å². The predicted molar refractivity (Wildman–Crippen MR) is 63.6 cm³/mol. The fraction of sp³-hybridized carbons (Fsp3) is 0.923. The summed E-state index contributed by atoms with van der Waals surface area (Å²) in [5, 5.41) is 3.22. The van der Waals surface area contributed by atoms with E-state index >= 15 is 0 Å². The molecule has 0 spiro atoms. The van der Waals surface area contributed by atoms with Crippen LogP contribution >= 0.6 is 0 Å². The second kappa shape index (κ2) is 5.00. The lowest BCUT2D eigenvalue weighted by molar-refractivity contribution is -0.120. The fourth-order valence-electron chi connectivity index (χ4n) is 2.76. The van der Waals surface area contributed by atoms with Gasteiger partial charge >= 0.3 is 0 Å². The molecule has 1 aliphatic rings. The van der Waals surface area contributed by atoms with Crippen LogP contribution in [0.3, 0.4) is 0 Å². The van der Waals surface area contributed by atoms with Crippen LogP contribution in [0.2, 0.25) is 0 Å². The molecular formula is C13H25NO. The SMILES string of the molecule is CCC(C)CC1(CC(C)C)CCC(=O)N1. The summed E-state index contributed by atoms with van der Waals surface area (Å²) in [5.41, 5.74) is 0.112. The molecule has 2 nitrogen and oxygen atoms in total. The third-order valence-corrected chi connectivity index (χ3v) is 3.47. The van der Waals surface area contributed by atoms with Gasteiger partial charge in [-0.25, -0.2) is 0 Å². The van der Waals surface area contributed by atoms with Crippen molar-refractivity contribution in [3.8, 4) is 0 Å². The molecule has 0 bridgehead atoms. The second-order valence-corrected chi connectivity index (χ2v) is 5.64. The standard InChI is InChI=1S/C13H25NO/c1-5-11(4)9-13(8-10(2)3)7-6-12(15)14-13/h10-11H,5-9H2,1-4H3,(H,14,15). The first kappa shape index (κ1) is 12.5. The van der Waals surface area contributed by atoms with Crippen molar-refractivity contribution < 1.29 is 4.79 Å². The molecule has 0 radical (unpaired) electrons. The largest absolute Gasteiger partial charge is 0.351 e. The van der Waals surface area contributed by atoms with Gasteiger partial charge in [0.25, 0.3) is 0 Å². The van der Waals surface area contributed by atoms with E-state index in [2.05, 4.69) is 33.0 Å². The van der Waals surface area contributed by atoms with Crippen molar-refractivity contribution in [3.05, 3.63) is 0 Å². The highest BCUT2D eigenvalue weighted by Gasteiger charge is 2.38. The van der Waals surface area contributed by atoms with Crippen LogP contribution in [0.1, 0.15) is 59.8 Å². The molecule has 0 aromatic heterocycles. The molecule has 1 saturated heterocycles. The first-order chi connectivity index (χ1) is 6.97. The van der Waals surface area contributed by atoms with Gasteiger partial charge in [0.05, 0.1) is 0 Å². The molecule has 1 N–H and O–H groups in total. The van der Waals surface area contributed by atoms with Gasteiger partial charge < -0.3 is 5.32 Å². The second-order valence-electron chi connectivity index (χ2n) is 5.64. The number of carbonyl (C=O) groups excluding carboxylic acids is 1. The maximum absolute atomic E-state index is 11.4. The molecule has 2 atom stereocenters. The first-order valence-electron chi connectivity index (χ1n) is 6.28. The Balaban J connectivity index is 2.64. The molecule has 0 saturated carbocycles. The summed E-state index contributed by atoms with van der Waals surface area (Å²) in [6, 6.07) is 0. The number of rotatable bonds is 5. The lowest BCUT2D eigenvalue weighted by atomic mass is 9.80. The number of hydrogen-bond donors (Lipinski definition) is 1. The zero-order chi connectivity index (χ0) is 11.5. The maximum Gasteiger partial charge on any atom is 0.220 e. The Morgan fingerprint density at radius 2 is 2.00 bits per heavy atom. The maximum atomic E-state index is 11.4. The van der Waals surface area contributed by atoms with Gasteiger partial charge in [-0.05, 0) is 31.1 Å². The predicted octanol–water partition coefficient (Wildman–Crippen LogP) is 3.12. The van der Waals surface area contributed by atoms with Crippen LogP contribution < -0.4 is 5.32 Å². The van der Waals surface area contributed by atoms with Crippen molar-refractivity contribution in [2.24, 2.45) is 11.8 Å². The van der Waals surface area contributed by atoms with Crippen LogP contribution in [-0.4, -0.2) is 11.4 Å². The van der Waals surface area contributed by atoms with Crippen LogP contribution in [0.4, 0.5) is 0 Å². The van der Waals surface area contributed by atoms with Gasteiger partial charge in [-0.15, -0.1) is 0 Å². The Kier molecular flexibility index (Phi) is 4.18. The lowest BCUT2D eigenvalue weighted by Gasteiger charge is -2.33. The molecule has 1 rings (SSSR count). The Bertz CT molecular complexity index is 225. The highest BCUT2D eigenvalue weighted by atomic mass is 16.2. The molecular weight excluding hydrogens is 186 g/mol. The average Bonchev–Trinajstić information content (AvgIpc) is 2.46. The van der Waals surface area contributed by atoms with Crippen molar-refractivity contribution >= 4 is 5.91 Å². The molecule has 0 aromatic rings. The van der Waals surface area contributed by atoms with Gasteiger partial charge in [0.15, 0.2) is 0 Å². The van der Waals surface area contributed by atoms with Gasteiger partial charge in [-0.3, -0.25) is 4.79 Å². The molecule has 0 aromatic carbocycles. The van der Waals surface area contributed by atoms with Gasteiger partial charge in [0.1, 0.15) is 0 Å². The van der Waals surface area contributed by atoms with Crippen molar-refractivity contribution in [3.63, 3.8) is 0 Å². The highest BCUT2D eigenvalue weighted by Crippen LogP contribution is 2.34. The molecule has 1 fully saturated rings. The number of nitrogens with one attached hydrogen (secondary N) is 1. The van der Waals surface area contributed by atoms with Crippen molar-refractivity contribution in [1.82, 2.24) is 5.32 Å². The number of amides is 1. The number of carbonyl (C=O) groups is 1. The van der Waals surface area contributed by atoms with E-state index in [0.29, 0.717) is 11.8 Å². The van der Waals surface area contributed by atoms with Gasteiger partial charge in [-0.1, -0.05) is 34.1 Å². The molecule has 2 heteroatoms. The minimum Gasteiger partial charge on any atom is -0.351 e. The van der Waals surface area contributed by atoms with Gasteiger partial charge in [0, 0.05) is 12.0 Å². The zero-order valence-corrected chi connectivity index (χ0v) is 10.6. The lowest BCUT2D eigenvalue weighted by Crippen LogP contribution is -2.44. The van der Waals surface area contributed by atoms with E-state index in [9.17, 15) is 4.79 Å². The van der Waals surface area contributed by atoms with Crippen molar-refractivity contribution in [1.29, 1.82) is 0 Å². The molecule has 88 valence electrons. The van der Waals surface area contributed by atoms with Crippen LogP contribution in [0, 0.1) is 11.8 Å². The number of hydrogen-bond acceptors (Lipinski definition) is 1. The summed E-state index contributed by atoms with van der Waals surface area (Å²) in [6.07, 6.45) is 5.24. The van der Waals surface area contributed by atoms with E-state index in [1.165, 1.54) is 6.42 Å². The normalized spacial score (nSPS) is 28.2. The Hall–Kier alpha value is -0.530. The van der Waals surface area contributed by atoms with Gasteiger partial charge in [-0.2, -0.15) is 0 Å². The molecule has 1 amide bonds. The molecule has 1 aliphatic heterocycles. The first-order valence-corrected chi connectivity index (χ1v) is 6.28. The summed E-state index contributed by atoms with van der Waals surface area (Å²) < 4.78 is 0. The van der Waals surface area contributed by atoms with Crippen LogP contribution in [-0.2, 0) is 4.79 Å². The Morgan fingerprint density at radius 1 is 1.33 bits per heavy atom. The fourth-order valence-corrected chi connectivity index (χ4v) is 2.76. The Morgan fingerprint density at radius 3 is 2.40 bits per heavy atom. The van der Waals surface area contributed by atoms with Gasteiger partial charge in [0.2, 0.25) is 5.91 Å². The minimum atomic E-state index is 0.112. The monoisotopic (exact) mass is 211 g/mol. The van der Waals surface area contributed by atoms with E-state index in [4.69, 9.17) is 0 Å². The van der Waals surface area contributed by atoms with E-state index in [1.807, 2.05) is 0 Å². The molecule has 15 heavy (non-hydrogen) atoms. The zero-order valence-electron chi connectivity index (χ0n) is 10.6. The third-order valence-electron chi connectivity index (χ3n) is 3.47. The van der Waals surface area contributed by atoms with Crippen LogP contribution in [0.25, 0.3) is 0 Å². The van der Waals surface area contributed by atoms with Crippen molar-refractivity contribution in [2.75, 3.05) is 0 Å². The van der Waals surface area contributed by atoms with E-state index in [0.717, 1.165) is 25.7 Å². The van der Waals surface area contributed by atoms with E-state index < -0.39 is 0 Å². The average molecular weight is 211 g/mol. The molecule has 2 unspecified atom stereocenters. The van der Waals surface area contributed by atoms with Crippen molar-refractivity contribution in [2.45, 2.75) is 65.3 Å².